The van der Waals surface area contributed by atoms with Crippen LogP contribution >= 0.6 is 0 Å². The van der Waals surface area contributed by atoms with E-state index in [0.29, 0.717) is 86.7 Å². The number of nitrogens with zero attached hydrogens (tertiary/aromatic N) is 1. The molecular formula is C46H53NO11. The zero-order chi connectivity index (χ0) is 41.1. The second kappa shape index (κ2) is 19.5. The number of amides is 1. The number of carboxylic acids is 2. The molecule has 1 amide bonds. The van der Waals surface area contributed by atoms with Crippen molar-refractivity contribution in [3.05, 3.63) is 83.9 Å². The number of benzene rings is 4. The summed E-state index contributed by atoms with van der Waals surface area (Å²) in [5, 5.41) is 18.4. The van der Waals surface area contributed by atoms with Crippen molar-refractivity contribution in [3.63, 3.8) is 0 Å². The molecule has 12 nitrogen and oxygen atoms in total. The van der Waals surface area contributed by atoms with E-state index in [1.165, 1.54) is 0 Å². The van der Waals surface area contributed by atoms with E-state index < -0.39 is 23.6 Å². The minimum Gasteiger partial charge on any atom is -0.493 e. The molecule has 12 heteroatoms. The molecule has 0 bridgehead atoms. The summed E-state index contributed by atoms with van der Waals surface area (Å²) in [6.07, 6.45) is 4.22. The molecule has 0 atom stereocenters. The maximum atomic E-state index is 14.0. The summed E-state index contributed by atoms with van der Waals surface area (Å²) >= 11 is 0. The molecule has 0 spiro atoms. The Labute approximate surface area is 339 Å². The maximum absolute atomic E-state index is 14.0. The van der Waals surface area contributed by atoms with Crippen LogP contribution in [0.2, 0.25) is 0 Å². The lowest BCUT2D eigenvalue weighted by molar-refractivity contribution is -0.138. The lowest BCUT2D eigenvalue weighted by atomic mass is 9.96. The molecule has 0 fully saturated rings. The van der Waals surface area contributed by atoms with Crippen LogP contribution < -0.4 is 28.6 Å². The van der Waals surface area contributed by atoms with Crippen molar-refractivity contribution in [1.29, 1.82) is 0 Å². The summed E-state index contributed by atoms with van der Waals surface area (Å²) < 4.78 is 35.3. The van der Waals surface area contributed by atoms with Gasteiger partial charge in [-0.1, -0.05) is 37.1 Å². The highest BCUT2D eigenvalue weighted by molar-refractivity contribution is 5.91. The Kier molecular flexibility index (Phi) is 14.0. The molecule has 2 N–H and O–H groups in total. The van der Waals surface area contributed by atoms with Crippen molar-refractivity contribution in [1.82, 2.24) is 0 Å². The second-order valence-corrected chi connectivity index (χ2v) is 15.4. The Bertz CT molecular complexity index is 1990. The maximum Gasteiger partial charge on any atom is 0.414 e. The van der Waals surface area contributed by atoms with Crippen LogP contribution in [0.15, 0.2) is 72.8 Å². The molecule has 2 aliphatic rings. The van der Waals surface area contributed by atoms with Crippen molar-refractivity contribution in [2.45, 2.75) is 84.2 Å². The Morgan fingerprint density at radius 1 is 0.638 bits per heavy atom. The van der Waals surface area contributed by atoms with Crippen molar-refractivity contribution in [2.24, 2.45) is 0 Å². The molecule has 0 unspecified atom stereocenters. The molecule has 0 aromatic heterocycles. The number of fused-ring (bicyclic) bond motifs is 2. The van der Waals surface area contributed by atoms with Crippen LogP contribution in [0.5, 0.6) is 28.7 Å². The van der Waals surface area contributed by atoms with Gasteiger partial charge in [0, 0.05) is 25.1 Å². The van der Waals surface area contributed by atoms with Crippen LogP contribution in [0, 0.1) is 0 Å². The zero-order valence-corrected chi connectivity index (χ0v) is 33.6. The minimum absolute atomic E-state index is 0.00187. The molecule has 0 radical (unpaired) electrons. The smallest absolute Gasteiger partial charge is 0.414 e. The first-order valence-electron chi connectivity index (χ1n) is 20.1. The van der Waals surface area contributed by atoms with E-state index in [4.69, 9.17) is 33.5 Å². The van der Waals surface area contributed by atoms with Gasteiger partial charge in [-0.15, -0.1) is 0 Å². The van der Waals surface area contributed by atoms with Gasteiger partial charge in [0.1, 0.15) is 37.8 Å². The molecule has 0 saturated heterocycles. The SMILES string of the molecule is CC(C)(C)OC(=O)N(CCCCCCc1cccc(OCCCC(=O)O)c1CCC(=O)O)c1cc(-c2ccc3c(c2)OCCO3)cc(-c2ccc3c(c2)OCCO3)c1. The zero-order valence-electron chi connectivity index (χ0n) is 33.6. The van der Waals surface area contributed by atoms with Gasteiger partial charge < -0.3 is 38.6 Å². The van der Waals surface area contributed by atoms with Gasteiger partial charge in [-0.2, -0.15) is 0 Å². The monoisotopic (exact) mass is 795 g/mol. The third-order valence-electron chi connectivity index (χ3n) is 9.78. The highest BCUT2D eigenvalue weighted by atomic mass is 16.6. The fraction of sp³-hybridized carbons (Fsp3) is 0.413. The summed E-state index contributed by atoms with van der Waals surface area (Å²) in [5.41, 5.74) is 5.44. The average molecular weight is 796 g/mol. The number of rotatable bonds is 18. The number of hydrogen-bond acceptors (Lipinski definition) is 9. The Morgan fingerprint density at radius 3 is 1.81 bits per heavy atom. The number of aliphatic carboxylic acids is 2. The highest BCUT2D eigenvalue weighted by Crippen LogP contribution is 2.40. The van der Waals surface area contributed by atoms with Crippen molar-refractivity contribution in [3.8, 4) is 51.0 Å². The molecule has 0 aliphatic carbocycles. The van der Waals surface area contributed by atoms with Gasteiger partial charge in [0.15, 0.2) is 23.0 Å². The topological polar surface area (TPSA) is 150 Å². The second-order valence-electron chi connectivity index (χ2n) is 15.4. The third-order valence-corrected chi connectivity index (χ3v) is 9.78. The predicted octanol–water partition coefficient (Wildman–Crippen LogP) is 9.37. The van der Waals surface area contributed by atoms with Crippen LogP contribution in [0.25, 0.3) is 22.3 Å². The Morgan fingerprint density at radius 2 is 1.22 bits per heavy atom. The lowest BCUT2D eigenvalue weighted by Crippen LogP contribution is -2.37. The van der Waals surface area contributed by atoms with E-state index in [1.54, 1.807) is 4.90 Å². The van der Waals surface area contributed by atoms with Crippen molar-refractivity contribution >= 4 is 23.7 Å². The van der Waals surface area contributed by atoms with E-state index in [9.17, 15) is 19.5 Å². The fourth-order valence-electron chi connectivity index (χ4n) is 7.03. The molecule has 2 heterocycles. The third kappa shape index (κ3) is 11.6. The molecule has 58 heavy (non-hydrogen) atoms. The van der Waals surface area contributed by atoms with Crippen molar-refractivity contribution in [2.75, 3.05) is 44.5 Å². The standard InChI is InChI=1S/C46H53NO11/c1-46(2,3)58-45(52)47(20-7-5-4-6-10-31-11-8-12-38(37(31)16-19-44(50)51)53-21-9-13-43(48)49)36-27-34(32-14-17-39-41(29-32)56-24-22-54-39)26-35(28-36)33-15-18-40-42(30-33)57-25-23-55-40/h8,11-12,14-15,17-18,26-30H,4-7,9-10,13,16,19-25H2,1-3H3,(H,48,49)(H,50,51). The average Bonchev–Trinajstić information content (AvgIpc) is 3.20. The predicted molar refractivity (Wildman–Crippen MR) is 220 cm³/mol. The lowest BCUT2D eigenvalue weighted by Gasteiger charge is -2.28. The molecular weight excluding hydrogens is 743 g/mol. The van der Waals surface area contributed by atoms with Gasteiger partial charge in [0.05, 0.1) is 6.61 Å². The van der Waals surface area contributed by atoms with Gasteiger partial charge in [-0.3, -0.25) is 14.5 Å². The number of carbonyl (C=O) groups excluding carboxylic acids is 1. The number of hydrogen-bond donors (Lipinski definition) is 2. The molecule has 0 saturated carbocycles. The van der Waals surface area contributed by atoms with Gasteiger partial charge in [0.2, 0.25) is 0 Å². The van der Waals surface area contributed by atoms with Crippen LogP contribution in [0.3, 0.4) is 0 Å². The summed E-state index contributed by atoms with van der Waals surface area (Å²) in [5.74, 6) is 1.55. The first-order valence-corrected chi connectivity index (χ1v) is 20.1. The van der Waals surface area contributed by atoms with Crippen LogP contribution in [-0.2, 0) is 27.2 Å². The van der Waals surface area contributed by atoms with E-state index in [2.05, 4.69) is 6.07 Å². The van der Waals surface area contributed by atoms with Crippen LogP contribution in [0.4, 0.5) is 10.5 Å². The Balaban J connectivity index is 1.21. The number of ether oxygens (including phenoxy) is 6. The first-order chi connectivity index (χ1) is 27.9. The minimum atomic E-state index is -0.892. The van der Waals surface area contributed by atoms with Gasteiger partial charge >= 0.3 is 18.0 Å². The van der Waals surface area contributed by atoms with E-state index in [-0.39, 0.29) is 19.4 Å². The number of aryl methyl sites for hydroxylation is 1. The van der Waals surface area contributed by atoms with Gasteiger partial charge in [-0.05, 0) is 135 Å². The van der Waals surface area contributed by atoms with Gasteiger partial charge in [0.25, 0.3) is 0 Å². The summed E-state index contributed by atoms with van der Waals surface area (Å²) in [4.78, 5) is 38.1. The molecule has 2 aliphatic heterocycles. The van der Waals surface area contributed by atoms with E-state index in [0.717, 1.165) is 59.1 Å². The molecule has 308 valence electrons. The number of unbranched alkanes of at least 4 members (excludes halogenated alkanes) is 3. The number of anilines is 1. The number of carboxylic acid groups (broad SMARTS) is 2. The molecule has 6 rings (SSSR count). The highest BCUT2D eigenvalue weighted by Gasteiger charge is 2.25. The normalized spacial score (nSPS) is 13.1. The van der Waals surface area contributed by atoms with Crippen LogP contribution in [-0.4, -0.2) is 73.4 Å². The van der Waals surface area contributed by atoms with E-state index in [1.807, 2.05) is 87.5 Å². The summed E-state index contributed by atoms with van der Waals surface area (Å²) in [6.45, 7) is 8.15. The van der Waals surface area contributed by atoms with Crippen LogP contribution in [0.1, 0.15) is 76.8 Å². The largest absolute Gasteiger partial charge is 0.493 e. The van der Waals surface area contributed by atoms with Crippen molar-refractivity contribution < 1.29 is 53.0 Å². The summed E-state index contributed by atoms with van der Waals surface area (Å²) in [6, 6.07) is 23.5. The molecule has 4 aromatic carbocycles. The fourth-order valence-corrected chi connectivity index (χ4v) is 7.03. The van der Waals surface area contributed by atoms with E-state index >= 15 is 0 Å². The first kappa shape index (κ1) is 41.7. The quantitative estimate of drug-likeness (QED) is 0.0928. The summed E-state index contributed by atoms with van der Waals surface area (Å²) in [7, 11) is 0. The van der Waals surface area contributed by atoms with Gasteiger partial charge in [-0.25, -0.2) is 4.79 Å². The number of carbonyl (C=O) groups is 3. The molecule has 4 aromatic rings. The Hall–Kier alpha value is -5.91.